The largest absolute Gasteiger partial charge is 0.465 e. The molecular formula is C19H22N2O6S2. The maximum absolute atomic E-state index is 12.6. The number of rotatable bonds is 7. The zero-order chi connectivity index (χ0) is 20.9. The summed E-state index contributed by atoms with van der Waals surface area (Å²) in [7, 11) is -2.24. The molecule has 1 saturated heterocycles. The van der Waals surface area contributed by atoms with Crippen LogP contribution in [0, 0.1) is 0 Å². The number of nitrogens with one attached hydrogen (secondary N) is 1. The fourth-order valence-corrected chi connectivity index (χ4v) is 5.07. The van der Waals surface area contributed by atoms with Crippen LogP contribution in [0.4, 0.5) is 5.69 Å². The Kier molecular flexibility index (Phi) is 7.01. The molecule has 0 atom stereocenters. The van der Waals surface area contributed by atoms with Gasteiger partial charge in [0.2, 0.25) is 15.9 Å². The molecule has 0 saturated carbocycles. The zero-order valence-corrected chi connectivity index (χ0v) is 17.6. The lowest BCUT2D eigenvalue weighted by Crippen LogP contribution is -2.40. The highest BCUT2D eigenvalue weighted by atomic mass is 32.2. The van der Waals surface area contributed by atoms with Crippen molar-refractivity contribution in [1.29, 1.82) is 0 Å². The van der Waals surface area contributed by atoms with Gasteiger partial charge in [0, 0.05) is 19.5 Å². The second-order valence-electron chi connectivity index (χ2n) is 6.36. The molecule has 1 aromatic heterocycles. The summed E-state index contributed by atoms with van der Waals surface area (Å²) in [5, 5.41) is 4.41. The fraction of sp³-hybridized carbons (Fsp3) is 0.368. The van der Waals surface area contributed by atoms with E-state index in [1.807, 2.05) is 0 Å². The van der Waals surface area contributed by atoms with Crippen LogP contribution in [0.3, 0.4) is 0 Å². The van der Waals surface area contributed by atoms with Gasteiger partial charge in [-0.05, 0) is 35.6 Å². The fourth-order valence-electron chi connectivity index (χ4n) is 2.89. The number of sulfonamides is 1. The Morgan fingerprint density at radius 2 is 1.86 bits per heavy atom. The number of hydrogen-bond acceptors (Lipinski definition) is 7. The second-order valence-corrected chi connectivity index (χ2v) is 9.22. The normalized spacial score (nSPS) is 15.1. The Morgan fingerprint density at radius 3 is 2.52 bits per heavy atom. The molecule has 8 nitrogen and oxygen atoms in total. The van der Waals surface area contributed by atoms with E-state index in [9.17, 15) is 18.0 Å². The standard InChI is InChI=1S/C19H22N2O6S2/c1-26-19(23)18-16(8-13-28-18)20-17(22)7-4-14-2-5-15(6-3-14)29(24,25)21-9-11-27-12-10-21/h2-3,5-6,8,13H,4,7,9-12H2,1H3,(H,20,22). The van der Waals surface area contributed by atoms with Crippen LogP contribution in [0.5, 0.6) is 0 Å². The van der Waals surface area contributed by atoms with Crippen LogP contribution in [0.2, 0.25) is 0 Å². The number of amides is 1. The lowest BCUT2D eigenvalue weighted by molar-refractivity contribution is -0.116. The summed E-state index contributed by atoms with van der Waals surface area (Å²) in [6.45, 7) is 1.49. The Balaban J connectivity index is 1.57. The van der Waals surface area contributed by atoms with Crippen molar-refractivity contribution in [3.8, 4) is 0 Å². The van der Waals surface area contributed by atoms with Gasteiger partial charge in [0.25, 0.3) is 0 Å². The molecule has 1 amide bonds. The first-order chi connectivity index (χ1) is 13.9. The average molecular weight is 439 g/mol. The predicted molar refractivity (Wildman–Crippen MR) is 109 cm³/mol. The predicted octanol–water partition coefficient (Wildman–Crippen LogP) is 2.13. The van der Waals surface area contributed by atoms with Crippen LogP contribution in [0.1, 0.15) is 21.7 Å². The van der Waals surface area contributed by atoms with Crippen LogP contribution in [0.15, 0.2) is 40.6 Å². The molecule has 0 spiro atoms. The van der Waals surface area contributed by atoms with Crippen molar-refractivity contribution in [2.24, 2.45) is 0 Å². The van der Waals surface area contributed by atoms with Crippen molar-refractivity contribution < 1.29 is 27.5 Å². The van der Waals surface area contributed by atoms with Gasteiger partial charge >= 0.3 is 5.97 Å². The van der Waals surface area contributed by atoms with Crippen molar-refractivity contribution in [2.45, 2.75) is 17.7 Å². The number of thiophene rings is 1. The van der Waals surface area contributed by atoms with E-state index in [2.05, 4.69) is 10.1 Å². The first-order valence-corrected chi connectivity index (χ1v) is 11.4. The molecule has 1 N–H and O–H groups in total. The highest BCUT2D eigenvalue weighted by Gasteiger charge is 2.26. The van der Waals surface area contributed by atoms with Crippen LogP contribution in [-0.4, -0.2) is 58.0 Å². The third kappa shape index (κ3) is 5.21. The summed E-state index contributed by atoms with van der Waals surface area (Å²) < 4.78 is 36.6. The summed E-state index contributed by atoms with van der Waals surface area (Å²) in [5.41, 5.74) is 1.28. The molecule has 0 unspecified atom stereocenters. The highest BCUT2D eigenvalue weighted by Crippen LogP contribution is 2.23. The summed E-state index contributed by atoms with van der Waals surface area (Å²) in [5.74, 6) is -0.731. The minimum atomic E-state index is -3.53. The molecule has 2 aromatic rings. The second kappa shape index (κ2) is 9.49. The van der Waals surface area contributed by atoms with Gasteiger partial charge in [-0.3, -0.25) is 4.79 Å². The molecule has 29 heavy (non-hydrogen) atoms. The van der Waals surface area contributed by atoms with E-state index in [4.69, 9.17) is 4.74 Å². The number of morpholine rings is 1. The number of hydrogen-bond donors (Lipinski definition) is 1. The van der Waals surface area contributed by atoms with Gasteiger partial charge in [-0.15, -0.1) is 11.3 Å². The topological polar surface area (TPSA) is 102 Å². The number of esters is 1. The summed E-state index contributed by atoms with van der Waals surface area (Å²) in [4.78, 5) is 24.4. The number of benzene rings is 1. The molecule has 0 radical (unpaired) electrons. The lowest BCUT2D eigenvalue weighted by Gasteiger charge is -2.26. The van der Waals surface area contributed by atoms with E-state index in [0.29, 0.717) is 43.3 Å². The molecule has 3 rings (SSSR count). The number of ether oxygens (including phenoxy) is 2. The van der Waals surface area contributed by atoms with Crippen molar-refractivity contribution in [2.75, 3.05) is 38.7 Å². The van der Waals surface area contributed by atoms with E-state index < -0.39 is 16.0 Å². The minimum absolute atomic E-state index is 0.200. The molecule has 156 valence electrons. The van der Waals surface area contributed by atoms with Gasteiger partial charge in [0.1, 0.15) is 4.88 Å². The molecule has 10 heteroatoms. The summed E-state index contributed by atoms with van der Waals surface area (Å²) in [6.07, 6.45) is 0.646. The number of carbonyl (C=O) groups excluding carboxylic acids is 2. The average Bonchev–Trinajstić information content (AvgIpc) is 3.20. The molecule has 1 fully saturated rings. The third-order valence-electron chi connectivity index (χ3n) is 4.48. The lowest BCUT2D eigenvalue weighted by atomic mass is 10.1. The van der Waals surface area contributed by atoms with Gasteiger partial charge in [-0.2, -0.15) is 4.31 Å². The van der Waals surface area contributed by atoms with Crippen molar-refractivity contribution in [1.82, 2.24) is 4.31 Å². The minimum Gasteiger partial charge on any atom is -0.465 e. The highest BCUT2D eigenvalue weighted by molar-refractivity contribution is 7.89. The molecule has 2 heterocycles. The molecule has 0 aliphatic carbocycles. The third-order valence-corrected chi connectivity index (χ3v) is 7.29. The van der Waals surface area contributed by atoms with E-state index in [1.54, 1.807) is 35.7 Å². The molecular weight excluding hydrogens is 416 g/mol. The Bertz CT molecular complexity index is 963. The quantitative estimate of drug-likeness (QED) is 0.665. The van der Waals surface area contributed by atoms with Crippen LogP contribution < -0.4 is 5.32 Å². The number of aryl methyl sites for hydroxylation is 1. The van der Waals surface area contributed by atoms with E-state index >= 15 is 0 Å². The molecule has 1 aromatic carbocycles. The van der Waals surface area contributed by atoms with Crippen molar-refractivity contribution in [3.63, 3.8) is 0 Å². The van der Waals surface area contributed by atoms with Crippen molar-refractivity contribution in [3.05, 3.63) is 46.2 Å². The van der Waals surface area contributed by atoms with E-state index in [1.165, 1.54) is 22.8 Å². The van der Waals surface area contributed by atoms with Gasteiger partial charge in [0.15, 0.2) is 0 Å². The van der Waals surface area contributed by atoms with Crippen molar-refractivity contribution >= 4 is 38.9 Å². The van der Waals surface area contributed by atoms with E-state index in [-0.39, 0.29) is 17.2 Å². The number of methoxy groups -OCH3 is 1. The SMILES string of the molecule is COC(=O)c1sccc1NC(=O)CCc1ccc(S(=O)(=O)N2CCOCC2)cc1. The number of nitrogens with zero attached hydrogens (tertiary/aromatic N) is 1. The van der Waals surface area contributed by atoms with Gasteiger partial charge in [0.05, 0.1) is 30.9 Å². The van der Waals surface area contributed by atoms with Crippen LogP contribution in [-0.2, 0) is 30.7 Å². The monoisotopic (exact) mass is 438 g/mol. The zero-order valence-electron chi connectivity index (χ0n) is 15.9. The summed E-state index contributed by atoms with van der Waals surface area (Å²) in [6, 6.07) is 8.20. The van der Waals surface area contributed by atoms with Gasteiger partial charge < -0.3 is 14.8 Å². The first-order valence-electron chi connectivity index (χ1n) is 9.04. The first kappa shape index (κ1) is 21.4. The molecule has 0 bridgehead atoms. The maximum atomic E-state index is 12.6. The van der Waals surface area contributed by atoms with Crippen LogP contribution in [0.25, 0.3) is 0 Å². The molecule has 1 aliphatic rings. The smallest absolute Gasteiger partial charge is 0.350 e. The Labute approximate surface area is 173 Å². The summed E-state index contributed by atoms with van der Waals surface area (Å²) >= 11 is 1.20. The molecule has 1 aliphatic heterocycles. The Hall–Kier alpha value is -2.27. The maximum Gasteiger partial charge on any atom is 0.350 e. The Morgan fingerprint density at radius 1 is 1.17 bits per heavy atom. The number of carbonyl (C=O) groups is 2. The van der Waals surface area contributed by atoms with Gasteiger partial charge in [-0.25, -0.2) is 13.2 Å². The van der Waals surface area contributed by atoms with Crippen LogP contribution >= 0.6 is 11.3 Å². The van der Waals surface area contributed by atoms with Gasteiger partial charge in [-0.1, -0.05) is 12.1 Å². The van der Waals surface area contributed by atoms with E-state index in [0.717, 1.165) is 5.56 Å². The number of anilines is 1.